The molecule has 0 bridgehead atoms. The summed E-state index contributed by atoms with van der Waals surface area (Å²) in [5, 5.41) is 6.19. The number of aromatic nitrogens is 1. The maximum absolute atomic E-state index is 14.1. The molecular formula is C39H39N5O8S. The zero-order valence-corrected chi connectivity index (χ0v) is 30.0. The van der Waals surface area contributed by atoms with Crippen LogP contribution in [-0.4, -0.2) is 73.3 Å². The molecule has 7 rings (SSSR count). The van der Waals surface area contributed by atoms with Crippen LogP contribution in [0.3, 0.4) is 0 Å². The number of nitrogens with one attached hydrogen (secondary N) is 3. The first kappa shape index (κ1) is 35.6. The topological polar surface area (TPSA) is 173 Å². The third kappa shape index (κ3) is 7.31. The second kappa shape index (κ2) is 14.3. The van der Waals surface area contributed by atoms with Crippen LogP contribution < -0.4 is 24.8 Å². The van der Waals surface area contributed by atoms with Crippen LogP contribution in [0.5, 0.6) is 11.5 Å². The predicted molar refractivity (Wildman–Crippen MR) is 196 cm³/mol. The van der Waals surface area contributed by atoms with Crippen molar-refractivity contribution >= 4 is 50.2 Å². The summed E-state index contributed by atoms with van der Waals surface area (Å²) in [6.45, 7) is 1.47. The van der Waals surface area contributed by atoms with Crippen LogP contribution in [-0.2, 0) is 29.2 Å². The third-order valence-corrected chi connectivity index (χ3v) is 11.3. The number of anilines is 1. The van der Waals surface area contributed by atoms with Crippen LogP contribution in [0.1, 0.15) is 39.0 Å². The van der Waals surface area contributed by atoms with E-state index in [4.69, 9.17) is 14.5 Å². The maximum Gasteiger partial charge on any atom is 0.266 e. The second-order valence-corrected chi connectivity index (χ2v) is 15.1. The van der Waals surface area contributed by atoms with Crippen LogP contribution in [0.2, 0.25) is 0 Å². The summed E-state index contributed by atoms with van der Waals surface area (Å²) >= 11 is 0. The van der Waals surface area contributed by atoms with Gasteiger partial charge in [0.2, 0.25) is 17.7 Å². The van der Waals surface area contributed by atoms with Crippen molar-refractivity contribution in [1.29, 1.82) is 0 Å². The number of rotatable bonds is 6. The number of allylic oxidation sites excluding steroid dienone is 1. The van der Waals surface area contributed by atoms with Crippen molar-refractivity contribution in [3.05, 3.63) is 91.0 Å². The monoisotopic (exact) mass is 737 g/mol. The van der Waals surface area contributed by atoms with Gasteiger partial charge in [0.1, 0.15) is 34.1 Å². The lowest BCUT2D eigenvalue weighted by Crippen LogP contribution is -2.56. The first-order chi connectivity index (χ1) is 25.5. The zero-order valence-electron chi connectivity index (χ0n) is 29.2. The molecule has 1 aliphatic carbocycles. The van der Waals surface area contributed by atoms with Crippen LogP contribution >= 0.6 is 0 Å². The first-order valence-electron chi connectivity index (χ1n) is 17.4. The van der Waals surface area contributed by atoms with Crippen molar-refractivity contribution in [2.45, 2.75) is 61.6 Å². The molecule has 53 heavy (non-hydrogen) atoms. The highest BCUT2D eigenvalue weighted by Crippen LogP contribution is 2.46. The van der Waals surface area contributed by atoms with E-state index >= 15 is 0 Å². The van der Waals surface area contributed by atoms with Gasteiger partial charge in [0.05, 0.1) is 30.6 Å². The van der Waals surface area contributed by atoms with E-state index in [0.717, 1.165) is 10.9 Å². The molecule has 14 heteroatoms. The van der Waals surface area contributed by atoms with Gasteiger partial charge in [-0.1, -0.05) is 54.6 Å². The number of benzene rings is 3. The molecule has 2 fully saturated rings. The van der Waals surface area contributed by atoms with Gasteiger partial charge in [-0.05, 0) is 43.5 Å². The lowest BCUT2D eigenvalue weighted by Gasteiger charge is -2.25. The van der Waals surface area contributed by atoms with Crippen molar-refractivity contribution in [2.75, 3.05) is 19.0 Å². The molecule has 3 N–H and O–H groups in total. The minimum atomic E-state index is -4.46. The van der Waals surface area contributed by atoms with Gasteiger partial charge in [0.25, 0.3) is 15.9 Å². The lowest BCUT2D eigenvalue weighted by atomic mass is 10.1. The van der Waals surface area contributed by atoms with Gasteiger partial charge in [0.15, 0.2) is 0 Å². The fraction of sp³-hybridized carbons (Fsp3) is 0.308. The standard InChI is InChI=1S/C39H39N5O8S/c1-24(45)44-23-28(52-34-21-31(25-11-5-3-6-12-25)40-32-19-27(51-2)17-18-29(32)34)20-33(44)37(47)42-39-22-26(39)13-7-4-8-16-36(46)41-30-14-9-10-15-35(30)53(49,50)43-38(39)48/h3,5-7,9-15,17-19,21,26,28,33H,4,8,16,20,22-23H2,1-2H3,(H,41,46)(H,42,47)(H,43,48)/t26-,28-,33+,39-/m1/s1. The first-order valence-corrected chi connectivity index (χ1v) is 18.9. The largest absolute Gasteiger partial charge is 0.497 e. The number of pyridine rings is 1. The number of fused-ring (bicyclic) bond motifs is 3. The molecule has 3 heterocycles. The number of likely N-dealkylation sites (tertiary alicyclic amines) is 1. The van der Waals surface area contributed by atoms with Gasteiger partial charge in [-0.2, -0.15) is 0 Å². The summed E-state index contributed by atoms with van der Waals surface area (Å²) in [4.78, 5) is 59.4. The Balaban J connectivity index is 1.15. The maximum atomic E-state index is 14.1. The molecule has 274 valence electrons. The predicted octanol–water partition coefficient (Wildman–Crippen LogP) is 4.34. The van der Waals surface area contributed by atoms with Crippen molar-refractivity contribution in [2.24, 2.45) is 5.92 Å². The van der Waals surface area contributed by atoms with Gasteiger partial charge >= 0.3 is 0 Å². The number of sulfonamides is 1. The number of hydrogen-bond donors (Lipinski definition) is 3. The molecule has 4 atom stereocenters. The summed E-state index contributed by atoms with van der Waals surface area (Å²) in [6.07, 6.45) is 4.47. The number of para-hydroxylation sites is 1. The molecule has 0 unspecified atom stereocenters. The third-order valence-electron chi connectivity index (χ3n) is 9.90. The molecule has 4 aromatic rings. The van der Waals surface area contributed by atoms with Crippen molar-refractivity contribution < 1.29 is 37.1 Å². The van der Waals surface area contributed by atoms with E-state index in [0.29, 0.717) is 35.6 Å². The average molecular weight is 738 g/mol. The van der Waals surface area contributed by atoms with E-state index in [9.17, 15) is 27.6 Å². The van der Waals surface area contributed by atoms with Gasteiger partial charge in [0, 0.05) is 48.8 Å². The summed E-state index contributed by atoms with van der Waals surface area (Å²) in [7, 11) is -2.89. The van der Waals surface area contributed by atoms with E-state index < -0.39 is 45.4 Å². The van der Waals surface area contributed by atoms with Crippen molar-refractivity contribution in [1.82, 2.24) is 19.9 Å². The van der Waals surface area contributed by atoms with Gasteiger partial charge in [-0.3, -0.25) is 19.2 Å². The van der Waals surface area contributed by atoms with Crippen molar-refractivity contribution in [3.63, 3.8) is 0 Å². The molecule has 13 nitrogen and oxygen atoms in total. The zero-order chi connectivity index (χ0) is 37.3. The molecule has 3 aliphatic rings. The Labute approximate surface area is 306 Å². The van der Waals surface area contributed by atoms with E-state index in [1.54, 1.807) is 25.3 Å². The van der Waals surface area contributed by atoms with Gasteiger partial charge < -0.3 is 25.0 Å². The molecule has 4 amide bonds. The highest BCUT2D eigenvalue weighted by molar-refractivity contribution is 7.90. The minimum Gasteiger partial charge on any atom is -0.497 e. The van der Waals surface area contributed by atoms with E-state index in [1.165, 1.54) is 30.0 Å². The Bertz CT molecular complexity index is 2250. The summed E-state index contributed by atoms with van der Waals surface area (Å²) in [5.41, 5.74) is 0.656. The summed E-state index contributed by atoms with van der Waals surface area (Å²) < 4.78 is 41.2. The Morgan fingerprint density at radius 3 is 2.57 bits per heavy atom. The smallest absolute Gasteiger partial charge is 0.266 e. The number of amides is 4. The Hall–Kier alpha value is -5.76. The number of nitrogens with zero attached hydrogens (tertiary/aromatic N) is 2. The Kier molecular flexibility index (Phi) is 9.64. The fourth-order valence-electron chi connectivity index (χ4n) is 7.03. The van der Waals surface area contributed by atoms with Crippen LogP contribution in [0.4, 0.5) is 5.69 Å². The molecule has 1 saturated heterocycles. The SMILES string of the molecule is COc1ccc2c(O[C@@H]3C[C@@H](C(=O)N[C@]45C[C@H]4C=CCCCC(=O)Nc4ccccc4S(=O)(=O)NC5=O)N(C(C)=O)C3)cc(-c3ccccc3)nc2c1. The minimum absolute atomic E-state index is 0.0435. The molecule has 0 radical (unpaired) electrons. The van der Waals surface area contributed by atoms with E-state index in [-0.39, 0.29) is 48.2 Å². The van der Waals surface area contributed by atoms with Crippen molar-refractivity contribution in [3.8, 4) is 22.8 Å². The molecule has 1 aromatic heterocycles. The van der Waals surface area contributed by atoms with E-state index in [1.807, 2.05) is 54.6 Å². The van der Waals surface area contributed by atoms with Crippen LogP contribution in [0.15, 0.2) is 95.9 Å². The normalized spacial score (nSPS) is 23.8. The number of hydrogen-bond acceptors (Lipinski definition) is 9. The quantitative estimate of drug-likeness (QED) is 0.244. The Morgan fingerprint density at radius 1 is 1.02 bits per heavy atom. The Morgan fingerprint density at radius 2 is 1.79 bits per heavy atom. The highest BCUT2D eigenvalue weighted by atomic mass is 32.2. The fourth-order valence-corrected chi connectivity index (χ4v) is 8.23. The highest BCUT2D eigenvalue weighted by Gasteiger charge is 2.61. The van der Waals surface area contributed by atoms with Gasteiger partial charge in [-0.25, -0.2) is 18.1 Å². The molecule has 0 spiro atoms. The van der Waals surface area contributed by atoms with E-state index in [2.05, 4.69) is 15.4 Å². The lowest BCUT2D eigenvalue weighted by molar-refractivity contribution is -0.138. The molecular weight excluding hydrogens is 699 g/mol. The summed E-state index contributed by atoms with van der Waals surface area (Å²) in [6, 6.07) is 21.7. The number of carbonyl (C=O) groups is 4. The number of methoxy groups -OCH3 is 1. The molecule has 1 saturated carbocycles. The summed E-state index contributed by atoms with van der Waals surface area (Å²) in [5.74, 6) is -1.58. The number of ether oxygens (including phenoxy) is 2. The second-order valence-electron chi connectivity index (χ2n) is 13.5. The molecule has 2 aliphatic heterocycles. The van der Waals surface area contributed by atoms with Crippen LogP contribution in [0, 0.1) is 5.92 Å². The van der Waals surface area contributed by atoms with Crippen LogP contribution in [0.25, 0.3) is 22.2 Å². The van der Waals surface area contributed by atoms with Gasteiger partial charge in [-0.15, -0.1) is 0 Å². The number of carbonyl (C=O) groups excluding carboxylic acids is 4. The average Bonchev–Trinajstić information content (AvgIpc) is 3.67. The molecule has 3 aromatic carbocycles.